The van der Waals surface area contributed by atoms with Gasteiger partial charge in [0.2, 0.25) is 5.91 Å². The normalized spacial score (nSPS) is 11.5. The summed E-state index contributed by atoms with van der Waals surface area (Å²) in [5.74, 6) is -1.25. The lowest BCUT2D eigenvalue weighted by Gasteiger charge is -2.07. The van der Waals surface area contributed by atoms with Crippen LogP contribution in [-0.4, -0.2) is 5.91 Å². The summed E-state index contributed by atoms with van der Waals surface area (Å²) in [6, 6.07) is 4.72. The minimum absolute atomic E-state index is 0. The molecular weight excluding hydrogens is 195 g/mol. The number of hydrogen-bond acceptors (Lipinski definition) is 2. The summed E-state index contributed by atoms with van der Waals surface area (Å²) in [7, 11) is 0. The molecule has 0 radical (unpaired) electrons. The lowest BCUT2D eigenvalue weighted by Crippen LogP contribution is -2.28. The number of amides is 1. The van der Waals surface area contributed by atoms with Crippen LogP contribution < -0.4 is 11.5 Å². The molecule has 0 saturated carbocycles. The topological polar surface area (TPSA) is 69.1 Å². The summed E-state index contributed by atoms with van der Waals surface area (Å²) < 4.78 is 12.9. The Bertz CT molecular complexity index is 306. The molecule has 1 atom stereocenters. The third kappa shape index (κ3) is 2.68. The van der Waals surface area contributed by atoms with Gasteiger partial charge in [-0.15, -0.1) is 12.4 Å². The lowest BCUT2D eigenvalue weighted by molar-refractivity contribution is -0.119. The van der Waals surface area contributed by atoms with Crippen LogP contribution in [0, 0.1) is 5.82 Å². The van der Waals surface area contributed by atoms with Crippen molar-refractivity contribution in [2.75, 3.05) is 0 Å². The maximum absolute atomic E-state index is 12.9. The molecule has 1 aromatic carbocycles. The molecule has 0 saturated heterocycles. The van der Waals surface area contributed by atoms with Gasteiger partial charge in [-0.2, -0.15) is 0 Å². The van der Waals surface area contributed by atoms with Crippen LogP contribution in [0.4, 0.5) is 4.39 Å². The van der Waals surface area contributed by atoms with Crippen molar-refractivity contribution in [2.45, 2.75) is 6.04 Å². The van der Waals surface area contributed by atoms with Crippen molar-refractivity contribution >= 4 is 18.3 Å². The molecule has 0 heterocycles. The van der Waals surface area contributed by atoms with Crippen molar-refractivity contribution in [3.05, 3.63) is 35.6 Å². The number of hydrogen-bond donors (Lipinski definition) is 2. The minimum atomic E-state index is -1.06. The van der Waals surface area contributed by atoms with Crippen LogP contribution in [-0.2, 0) is 4.79 Å². The van der Waals surface area contributed by atoms with Gasteiger partial charge in [0, 0.05) is 5.56 Å². The van der Waals surface area contributed by atoms with Gasteiger partial charge < -0.3 is 11.5 Å². The summed E-state index contributed by atoms with van der Waals surface area (Å²) in [6.45, 7) is 0. The standard InChI is InChI=1S/C8H9FN2O.ClH/c9-6-4-2-1-3-5(6)7(10)8(11)12;/h1-4,7H,10H2,(H2,11,12);1H. The van der Waals surface area contributed by atoms with Crippen molar-refractivity contribution < 1.29 is 9.18 Å². The van der Waals surface area contributed by atoms with E-state index in [2.05, 4.69) is 0 Å². The van der Waals surface area contributed by atoms with Crippen LogP contribution in [0.25, 0.3) is 0 Å². The molecule has 72 valence electrons. The molecule has 0 aliphatic carbocycles. The second kappa shape index (κ2) is 4.79. The van der Waals surface area contributed by atoms with Crippen LogP contribution >= 0.6 is 12.4 Å². The second-order valence-corrected chi connectivity index (χ2v) is 2.40. The first-order chi connectivity index (χ1) is 5.63. The molecule has 0 spiro atoms. The highest BCUT2D eigenvalue weighted by atomic mass is 35.5. The molecule has 4 N–H and O–H groups in total. The van der Waals surface area contributed by atoms with Gasteiger partial charge in [0.25, 0.3) is 0 Å². The van der Waals surface area contributed by atoms with E-state index in [1.165, 1.54) is 18.2 Å². The highest BCUT2D eigenvalue weighted by Crippen LogP contribution is 2.13. The quantitative estimate of drug-likeness (QED) is 0.746. The zero-order valence-electron chi connectivity index (χ0n) is 6.74. The van der Waals surface area contributed by atoms with Crippen molar-refractivity contribution in [1.29, 1.82) is 0 Å². The van der Waals surface area contributed by atoms with Crippen LogP contribution in [0.2, 0.25) is 0 Å². The van der Waals surface area contributed by atoms with Gasteiger partial charge in [-0.3, -0.25) is 4.79 Å². The average Bonchev–Trinajstić information content (AvgIpc) is 2.04. The number of carbonyl (C=O) groups is 1. The number of carbonyl (C=O) groups excluding carboxylic acids is 1. The first-order valence-corrected chi connectivity index (χ1v) is 3.42. The van der Waals surface area contributed by atoms with E-state index >= 15 is 0 Å². The van der Waals surface area contributed by atoms with Gasteiger partial charge in [-0.1, -0.05) is 18.2 Å². The molecule has 13 heavy (non-hydrogen) atoms. The molecule has 0 aromatic heterocycles. The van der Waals surface area contributed by atoms with Gasteiger partial charge in [0.05, 0.1) is 0 Å². The van der Waals surface area contributed by atoms with Gasteiger partial charge in [-0.05, 0) is 6.07 Å². The molecule has 5 heteroatoms. The highest BCUT2D eigenvalue weighted by molar-refractivity contribution is 5.85. The first-order valence-electron chi connectivity index (χ1n) is 3.42. The van der Waals surface area contributed by atoms with Crippen molar-refractivity contribution in [1.82, 2.24) is 0 Å². The number of benzene rings is 1. The van der Waals surface area contributed by atoms with E-state index in [0.29, 0.717) is 0 Å². The van der Waals surface area contributed by atoms with E-state index in [-0.39, 0.29) is 18.0 Å². The van der Waals surface area contributed by atoms with Crippen LogP contribution in [0.5, 0.6) is 0 Å². The minimum Gasteiger partial charge on any atom is -0.368 e. The largest absolute Gasteiger partial charge is 0.368 e. The Hall–Kier alpha value is -1.13. The fourth-order valence-corrected chi connectivity index (χ4v) is 0.881. The molecular formula is C8H10ClFN2O. The van der Waals surface area contributed by atoms with Crippen LogP contribution in [0.15, 0.2) is 24.3 Å². The maximum Gasteiger partial charge on any atom is 0.239 e. The highest BCUT2D eigenvalue weighted by Gasteiger charge is 2.15. The Morgan fingerprint density at radius 2 is 1.92 bits per heavy atom. The third-order valence-corrected chi connectivity index (χ3v) is 1.55. The Morgan fingerprint density at radius 1 is 1.38 bits per heavy atom. The number of rotatable bonds is 2. The molecule has 0 aliphatic heterocycles. The number of primary amides is 1. The fourth-order valence-electron chi connectivity index (χ4n) is 0.881. The summed E-state index contributed by atoms with van der Waals surface area (Å²) in [6.07, 6.45) is 0. The summed E-state index contributed by atoms with van der Waals surface area (Å²) in [5, 5.41) is 0. The molecule has 0 bridgehead atoms. The van der Waals surface area contributed by atoms with E-state index in [0.717, 1.165) is 0 Å². The fraction of sp³-hybridized carbons (Fsp3) is 0.125. The van der Waals surface area contributed by atoms with Crippen LogP contribution in [0.3, 0.4) is 0 Å². The SMILES string of the molecule is Cl.NC(=O)C(N)c1ccccc1F. The Balaban J connectivity index is 0.00000144. The van der Waals surface area contributed by atoms with Crippen molar-refractivity contribution in [3.8, 4) is 0 Å². The summed E-state index contributed by atoms with van der Waals surface area (Å²) >= 11 is 0. The van der Waals surface area contributed by atoms with E-state index in [4.69, 9.17) is 11.5 Å². The van der Waals surface area contributed by atoms with Crippen molar-refractivity contribution in [3.63, 3.8) is 0 Å². The smallest absolute Gasteiger partial charge is 0.239 e. The van der Waals surface area contributed by atoms with Crippen LogP contribution in [0.1, 0.15) is 11.6 Å². The van der Waals surface area contributed by atoms with Gasteiger partial charge in [0.1, 0.15) is 11.9 Å². The van der Waals surface area contributed by atoms with Gasteiger partial charge >= 0.3 is 0 Å². The molecule has 3 nitrogen and oxygen atoms in total. The maximum atomic E-state index is 12.9. The predicted molar refractivity (Wildman–Crippen MR) is 49.8 cm³/mol. The molecule has 0 aliphatic rings. The average molecular weight is 205 g/mol. The predicted octanol–water partition coefficient (Wildman–Crippen LogP) is 0.733. The molecule has 0 fully saturated rings. The Labute approximate surface area is 81.3 Å². The lowest BCUT2D eigenvalue weighted by atomic mass is 10.1. The number of nitrogens with two attached hydrogens (primary N) is 2. The third-order valence-electron chi connectivity index (χ3n) is 1.55. The second-order valence-electron chi connectivity index (χ2n) is 2.40. The van der Waals surface area contributed by atoms with Gasteiger partial charge in [-0.25, -0.2) is 4.39 Å². The molecule has 1 unspecified atom stereocenters. The zero-order chi connectivity index (χ0) is 9.14. The molecule has 1 amide bonds. The van der Waals surface area contributed by atoms with E-state index in [1.807, 2.05) is 0 Å². The molecule has 1 rings (SSSR count). The Morgan fingerprint density at radius 3 is 2.38 bits per heavy atom. The summed E-state index contributed by atoms with van der Waals surface area (Å²) in [4.78, 5) is 10.6. The monoisotopic (exact) mass is 204 g/mol. The summed E-state index contributed by atoms with van der Waals surface area (Å²) in [5.41, 5.74) is 10.4. The van der Waals surface area contributed by atoms with E-state index in [9.17, 15) is 9.18 Å². The number of halogens is 2. The zero-order valence-corrected chi connectivity index (χ0v) is 7.55. The van der Waals surface area contributed by atoms with E-state index in [1.54, 1.807) is 6.07 Å². The first kappa shape index (κ1) is 11.9. The molecule has 1 aromatic rings. The Kier molecular flexibility index (Phi) is 4.37. The van der Waals surface area contributed by atoms with E-state index < -0.39 is 17.8 Å². The van der Waals surface area contributed by atoms with Gasteiger partial charge in [0.15, 0.2) is 0 Å². The van der Waals surface area contributed by atoms with Crippen molar-refractivity contribution in [2.24, 2.45) is 11.5 Å².